The Hall–Kier alpha value is -2.69. The lowest BCUT2D eigenvalue weighted by molar-refractivity contribution is -0.115. The van der Waals surface area contributed by atoms with Crippen LogP contribution in [0.2, 0.25) is 0 Å². The first-order valence-electron chi connectivity index (χ1n) is 7.45. The van der Waals surface area contributed by atoms with Gasteiger partial charge < -0.3 is 20.1 Å². The summed E-state index contributed by atoms with van der Waals surface area (Å²) in [7, 11) is 3.24. The fourth-order valence-corrected chi connectivity index (χ4v) is 2.17. The van der Waals surface area contributed by atoms with Crippen LogP contribution in [-0.4, -0.2) is 26.7 Å². The van der Waals surface area contributed by atoms with Crippen LogP contribution in [-0.2, 0) is 4.79 Å². The number of benzene rings is 2. The Labute approximate surface area is 136 Å². The lowest BCUT2D eigenvalue weighted by Gasteiger charge is -2.12. The van der Waals surface area contributed by atoms with Crippen molar-refractivity contribution >= 4 is 17.3 Å². The molecule has 0 bridgehead atoms. The van der Waals surface area contributed by atoms with Crippen LogP contribution >= 0.6 is 0 Å². The van der Waals surface area contributed by atoms with Gasteiger partial charge in [0.15, 0.2) is 0 Å². The molecule has 2 rings (SSSR count). The van der Waals surface area contributed by atoms with E-state index in [9.17, 15) is 4.79 Å². The molecule has 0 heterocycles. The number of hydrogen-bond donors (Lipinski definition) is 2. The van der Waals surface area contributed by atoms with E-state index in [1.165, 1.54) is 0 Å². The summed E-state index contributed by atoms with van der Waals surface area (Å²) in [5.74, 6) is 1.48. The smallest absolute Gasteiger partial charge is 0.226 e. The van der Waals surface area contributed by atoms with Crippen molar-refractivity contribution in [3.05, 3.63) is 48.0 Å². The number of ether oxygens (including phenoxy) is 2. The highest BCUT2D eigenvalue weighted by Crippen LogP contribution is 2.25. The third kappa shape index (κ3) is 4.92. The molecule has 0 aliphatic heterocycles. The van der Waals surface area contributed by atoms with Crippen molar-refractivity contribution in [2.24, 2.45) is 0 Å². The third-order valence-corrected chi connectivity index (χ3v) is 3.40. The number of hydrogen-bond acceptors (Lipinski definition) is 4. The van der Waals surface area contributed by atoms with Gasteiger partial charge in [-0.25, -0.2) is 0 Å². The molecule has 2 aromatic rings. The summed E-state index contributed by atoms with van der Waals surface area (Å²) in [6, 6.07) is 13.1. The molecule has 2 N–H and O–H groups in total. The fraction of sp³-hybridized carbons (Fsp3) is 0.278. The monoisotopic (exact) mass is 314 g/mol. The highest BCUT2D eigenvalue weighted by atomic mass is 16.5. The van der Waals surface area contributed by atoms with Gasteiger partial charge in [0.1, 0.15) is 11.5 Å². The van der Waals surface area contributed by atoms with E-state index in [0.717, 1.165) is 28.4 Å². The first-order chi connectivity index (χ1) is 11.1. The van der Waals surface area contributed by atoms with Crippen LogP contribution in [0.5, 0.6) is 11.5 Å². The van der Waals surface area contributed by atoms with E-state index in [1.54, 1.807) is 14.2 Å². The minimum absolute atomic E-state index is 0.0470. The van der Waals surface area contributed by atoms with E-state index in [-0.39, 0.29) is 5.91 Å². The van der Waals surface area contributed by atoms with E-state index in [1.807, 2.05) is 49.4 Å². The van der Waals surface area contributed by atoms with Crippen molar-refractivity contribution in [1.29, 1.82) is 0 Å². The topological polar surface area (TPSA) is 59.6 Å². The van der Waals surface area contributed by atoms with Gasteiger partial charge in [-0.1, -0.05) is 6.07 Å². The average molecular weight is 314 g/mol. The maximum Gasteiger partial charge on any atom is 0.226 e. The molecule has 0 saturated heterocycles. The van der Waals surface area contributed by atoms with Crippen molar-refractivity contribution in [3.8, 4) is 11.5 Å². The highest BCUT2D eigenvalue weighted by Gasteiger charge is 2.05. The van der Waals surface area contributed by atoms with E-state index >= 15 is 0 Å². The lowest BCUT2D eigenvalue weighted by atomic mass is 10.2. The Morgan fingerprint density at radius 1 is 1.04 bits per heavy atom. The number of aryl methyl sites for hydroxylation is 1. The van der Waals surface area contributed by atoms with Crippen LogP contribution in [0.3, 0.4) is 0 Å². The number of amides is 1. The number of methoxy groups -OCH3 is 2. The molecule has 0 fully saturated rings. The Balaban J connectivity index is 1.83. The molecule has 23 heavy (non-hydrogen) atoms. The van der Waals surface area contributed by atoms with Gasteiger partial charge in [-0.3, -0.25) is 4.79 Å². The molecule has 0 atom stereocenters. The Bertz CT molecular complexity index is 654. The van der Waals surface area contributed by atoms with Crippen molar-refractivity contribution in [2.45, 2.75) is 13.3 Å². The van der Waals surface area contributed by atoms with Crippen LogP contribution in [0.15, 0.2) is 42.5 Å². The molecule has 5 nitrogen and oxygen atoms in total. The number of rotatable bonds is 7. The minimum atomic E-state index is -0.0470. The zero-order chi connectivity index (χ0) is 16.7. The second-order valence-corrected chi connectivity index (χ2v) is 5.16. The molecule has 0 spiro atoms. The molecular formula is C18H22N2O3. The molecule has 0 saturated carbocycles. The zero-order valence-electron chi connectivity index (χ0n) is 13.7. The minimum Gasteiger partial charge on any atom is -0.497 e. The third-order valence-electron chi connectivity index (χ3n) is 3.40. The van der Waals surface area contributed by atoms with Gasteiger partial charge >= 0.3 is 0 Å². The molecule has 0 aromatic heterocycles. The first kappa shape index (κ1) is 16.7. The van der Waals surface area contributed by atoms with Crippen molar-refractivity contribution in [2.75, 3.05) is 31.4 Å². The van der Waals surface area contributed by atoms with Crippen LogP contribution in [0.25, 0.3) is 0 Å². The van der Waals surface area contributed by atoms with Crippen molar-refractivity contribution in [3.63, 3.8) is 0 Å². The number of carbonyl (C=O) groups is 1. The van der Waals surface area contributed by atoms with Gasteiger partial charge in [0.25, 0.3) is 0 Å². The summed E-state index contributed by atoms with van der Waals surface area (Å²) in [6.07, 6.45) is 0.364. The average Bonchev–Trinajstić information content (AvgIpc) is 2.56. The van der Waals surface area contributed by atoms with Gasteiger partial charge in [0.05, 0.1) is 19.9 Å². The lowest BCUT2D eigenvalue weighted by Crippen LogP contribution is -2.16. The summed E-state index contributed by atoms with van der Waals surface area (Å²) in [5, 5.41) is 6.09. The van der Waals surface area contributed by atoms with Crippen LogP contribution in [0, 0.1) is 6.92 Å². The SMILES string of the molecule is COc1ccc(NC(=O)CCNc2cc(C)ccc2OC)cc1. The van der Waals surface area contributed by atoms with Gasteiger partial charge in [0.2, 0.25) is 5.91 Å². The predicted octanol–water partition coefficient (Wildman–Crippen LogP) is 3.45. The van der Waals surface area contributed by atoms with Crippen LogP contribution in [0.4, 0.5) is 11.4 Å². The Morgan fingerprint density at radius 3 is 2.43 bits per heavy atom. The van der Waals surface area contributed by atoms with E-state index in [4.69, 9.17) is 9.47 Å². The molecule has 1 amide bonds. The normalized spacial score (nSPS) is 10.0. The van der Waals surface area contributed by atoms with Crippen molar-refractivity contribution < 1.29 is 14.3 Å². The van der Waals surface area contributed by atoms with Crippen LogP contribution in [0.1, 0.15) is 12.0 Å². The van der Waals surface area contributed by atoms with Crippen molar-refractivity contribution in [1.82, 2.24) is 0 Å². The largest absolute Gasteiger partial charge is 0.497 e. The quantitative estimate of drug-likeness (QED) is 0.822. The van der Waals surface area contributed by atoms with Gasteiger partial charge in [-0.15, -0.1) is 0 Å². The van der Waals surface area contributed by atoms with E-state index < -0.39 is 0 Å². The second kappa shape index (κ2) is 8.08. The maximum atomic E-state index is 12.0. The van der Waals surface area contributed by atoms with Gasteiger partial charge in [0, 0.05) is 18.7 Å². The summed E-state index contributed by atoms with van der Waals surface area (Å²) >= 11 is 0. The summed E-state index contributed by atoms with van der Waals surface area (Å²) < 4.78 is 10.4. The molecule has 2 aromatic carbocycles. The van der Waals surface area contributed by atoms with E-state index in [2.05, 4.69) is 10.6 Å². The number of carbonyl (C=O) groups excluding carboxylic acids is 1. The molecule has 0 unspecified atom stereocenters. The van der Waals surface area contributed by atoms with Gasteiger partial charge in [-0.05, 0) is 48.9 Å². The summed E-state index contributed by atoms with van der Waals surface area (Å²) in [4.78, 5) is 12.0. The molecular weight excluding hydrogens is 292 g/mol. The molecule has 0 aliphatic rings. The first-order valence-corrected chi connectivity index (χ1v) is 7.45. The summed E-state index contributed by atoms with van der Waals surface area (Å²) in [5.41, 5.74) is 2.78. The zero-order valence-corrected chi connectivity index (χ0v) is 13.7. The highest BCUT2D eigenvalue weighted by molar-refractivity contribution is 5.91. The Morgan fingerprint density at radius 2 is 1.78 bits per heavy atom. The molecule has 0 aliphatic carbocycles. The molecule has 5 heteroatoms. The fourth-order valence-electron chi connectivity index (χ4n) is 2.17. The molecule has 122 valence electrons. The number of nitrogens with one attached hydrogen (secondary N) is 2. The van der Waals surface area contributed by atoms with E-state index in [0.29, 0.717) is 13.0 Å². The predicted molar refractivity (Wildman–Crippen MR) is 92.5 cm³/mol. The van der Waals surface area contributed by atoms with Gasteiger partial charge in [-0.2, -0.15) is 0 Å². The summed E-state index contributed by atoms with van der Waals surface area (Å²) in [6.45, 7) is 2.54. The second-order valence-electron chi connectivity index (χ2n) is 5.16. The maximum absolute atomic E-state index is 12.0. The number of anilines is 2. The molecule has 0 radical (unpaired) electrons. The van der Waals surface area contributed by atoms with Crippen LogP contribution < -0.4 is 20.1 Å². The Kier molecular flexibility index (Phi) is 5.86. The standard InChI is InChI=1S/C18H22N2O3/c1-13-4-9-17(23-3)16(12-13)19-11-10-18(21)20-14-5-7-15(22-2)8-6-14/h4-9,12,19H,10-11H2,1-3H3,(H,20,21).